The third-order valence-electron chi connectivity index (χ3n) is 26.6. The Balaban J connectivity index is 0.000000104. The topological polar surface area (TPSA) is 78.8 Å². The number of fused-ring (bicyclic) bond motifs is 18. The molecule has 26 aromatic rings. The summed E-state index contributed by atoms with van der Waals surface area (Å²) in [5.74, 6) is 0. The first-order valence-electron chi connectivity index (χ1n) is 48.9. The first-order chi connectivity index (χ1) is 68.9. The summed E-state index contributed by atoms with van der Waals surface area (Å²) in [4.78, 5) is 0. The van der Waals surface area contributed by atoms with E-state index < -0.39 is 0 Å². The molecule has 0 spiro atoms. The Bertz CT molecular complexity index is 8970. The molecular formula is C136H116O6. The number of rotatable bonds is 6. The molecule has 0 aliphatic heterocycles. The molecule has 26 rings (SSSR count). The molecule has 696 valence electrons. The van der Waals surface area contributed by atoms with Gasteiger partial charge in [0.05, 0.1) is 0 Å². The van der Waals surface area contributed by atoms with E-state index in [1.807, 2.05) is 18.2 Å². The average molecular weight is 1850 g/mol. The van der Waals surface area contributed by atoms with E-state index in [1.165, 1.54) is 209 Å². The Morgan fingerprint density at radius 2 is 0.345 bits per heavy atom. The van der Waals surface area contributed by atoms with Gasteiger partial charge in [-0.3, -0.25) is 0 Å². The molecule has 0 N–H and O–H groups in total. The molecule has 0 radical (unpaired) electrons. The van der Waals surface area contributed by atoms with Crippen LogP contribution in [0.25, 0.3) is 198 Å². The van der Waals surface area contributed by atoms with Crippen molar-refractivity contribution in [1.29, 1.82) is 0 Å². The van der Waals surface area contributed by atoms with Crippen LogP contribution in [0.2, 0.25) is 0 Å². The monoisotopic (exact) mass is 1840 g/mol. The van der Waals surface area contributed by atoms with Crippen molar-refractivity contribution in [3.63, 3.8) is 0 Å². The summed E-state index contributed by atoms with van der Waals surface area (Å²) in [6.07, 6.45) is 0. The molecule has 20 aromatic carbocycles. The molecule has 0 atom stereocenters. The summed E-state index contributed by atoms with van der Waals surface area (Å²) in [5, 5.41) is 14.4. The lowest BCUT2D eigenvalue weighted by molar-refractivity contribution is 0.662. The maximum Gasteiger partial charge on any atom is 0.143 e. The van der Waals surface area contributed by atoms with Crippen LogP contribution in [0.15, 0.2) is 439 Å². The molecular weight excluding hydrogens is 1730 g/mol. The lowest BCUT2D eigenvalue weighted by atomic mass is 9.99. The van der Waals surface area contributed by atoms with Crippen LogP contribution in [-0.4, -0.2) is 0 Å². The fourth-order valence-corrected chi connectivity index (χ4v) is 19.1. The largest absolute Gasteiger partial charge is 0.456 e. The molecule has 6 nitrogen and oxygen atoms in total. The van der Waals surface area contributed by atoms with Gasteiger partial charge in [0.1, 0.15) is 67.0 Å². The summed E-state index contributed by atoms with van der Waals surface area (Å²) < 4.78 is 36.0. The van der Waals surface area contributed by atoms with E-state index in [1.54, 1.807) is 0 Å². The predicted molar refractivity (Wildman–Crippen MR) is 604 cm³/mol. The van der Waals surface area contributed by atoms with E-state index in [0.717, 1.165) is 78.1 Å². The van der Waals surface area contributed by atoms with Crippen LogP contribution in [0.5, 0.6) is 0 Å². The number of benzene rings is 20. The van der Waals surface area contributed by atoms with Crippen LogP contribution in [0.1, 0.15) is 89.0 Å². The molecule has 0 aliphatic rings. The van der Waals surface area contributed by atoms with Gasteiger partial charge in [0.2, 0.25) is 0 Å². The number of furan rings is 6. The van der Waals surface area contributed by atoms with Crippen LogP contribution in [0, 0.1) is 111 Å². The Morgan fingerprint density at radius 1 is 0.113 bits per heavy atom. The van der Waals surface area contributed by atoms with Gasteiger partial charge in [-0.15, -0.1) is 0 Å². The normalized spacial score (nSPS) is 11.1. The smallest absolute Gasteiger partial charge is 0.143 e. The summed E-state index contributed by atoms with van der Waals surface area (Å²) in [6, 6.07) is 145. The standard InChI is InChI=1S/C26H20O.2C20H16O.3C14H12O.2C14H14/c1-17-6-3-8-19(14-17)20-12-13-25-24(16-20)23-11-5-10-22(26(23)27-25)21-9-4-7-18(2)15-21;1-13-5-3-7-15(11-13)16-9-10-19-18(12-16)17-8-4-6-14(2)20(17)21-19;1-13-5-3-6-15(11-13)16-7-4-8-17-18-12-14(2)9-10-19(18)21-20(16)17;1-9-5-3-7-11-12-8-4-6-10(2)14(12)15-13(9)11;1-9-6-7-13-12(8-9)11-5-3-4-10(2)14(11)15-13;1-9-7-10(2)14-12(8-9)11-5-3-4-6-13(11)15-14;1-11-3-7-13(8-4-11)14-9-5-12(2)6-10-14;1-11-6-8-13(9-7-11)14-5-3-4-12(2)10-14/h3-16H,1-2H3;2*3-12H,1-2H3;3*3-8H,1-2H3;2*3-10H,1-2H3. The first kappa shape index (κ1) is 94.2. The highest BCUT2D eigenvalue weighted by molar-refractivity contribution is 6.13. The highest BCUT2D eigenvalue weighted by atomic mass is 16.3. The molecule has 0 saturated carbocycles. The fourth-order valence-electron chi connectivity index (χ4n) is 19.1. The Hall–Kier alpha value is -16.8. The van der Waals surface area contributed by atoms with Crippen molar-refractivity contribution in [2.24, 2.45) is 0 Å². The molecule has 0 fully saturated rings. The molecule has 0 unspecified atom stereocenters. The Morgan fingerprint density at radius 3 is 0.718 bits per heavy atom. The van der Waals surface area contributed by atoms with Crippen molar-refractivity contribution in [3.8, 4) is 66.8 Å². The zero-order chi connectivity index (χ0) is 98.3. The van der Waals surface area contributed by atoms with Crippen LogP contribution < -0.4 is 0 Å². The minimum atomic E-state index is 0.932. The second kappa shape index (κ2) is 41.5. The summed E-state index contributed by atoms with van der Waals surface area (Å²) >= 11 is 0. The zero-order valence-corrected chi connectivity index (χ0v) is 83.7. The Kier molecular flexibility index (Phi) is 27.5. The Labute approximate surface area is 831 Å². The number of para-hydroxylation sites is 7. The molecule has 0 saturated heterocycles. The van der Waals surface area contributed by atoms with Crippen molar-refractivity contribution < 1.29 is 26.5 Å². The van der Waals surface area contributed by atoms with Crippen molar-refractivity contribution in [2.75, 3.05) is 0 Å². The zero-order valence-electron chi connectivity index (χ0n) is 83.7. The highest BCUT2D eigenvalue weighted by Gasteiger charge is 2.19. The van der Waals surface area contributed by atoms with Crippen LogP contribution in [0.4, 0.5) is 0 Å². The molecule has 142 heavy (non-hydrogen) atoms. The van der Waals surface area contributed by atoms with E-state index in [-0.39, 0.29) is 0 Å². The van der Waals surface area contributed by atoms with E-state index >= 15 is 0 Å². The average Bonchev–Trinajstić information content (AvgIpc) is 1.62. The van der Waals surface area contributed by atoms with Gasteiger partial charge in [-0.1, -0.05) is 407 Å². The quantitative estimate of drug-likeness (QED) is 0.165. The predicted octanol–water partition coefficient (Wildman–Crippen LogP) is 39.8. The number of hydrogen-bond donors (Lipinski definition) is 0. The summed E-state index contributed by atoms with van der Waals surface area (Å²) in [6.45, 7) is 33.7. The van der Waals surface area contributed by atoms with Gasteiger partial charge in [0.25, 0.3) is 0 Å². The van der Waals surface area contributed by atoms with E-state index in [0.29, 0.717) is 0 Å². The number of hydrogen-bond acceptors (Lipinski definition) is 6. The minimum absolute atomic E-state index is 0.932. The molecule has 0 aliphatic carbocycles. The van der Waals surface area contributed by atoms with Gasteiger partial charge in [-0.25, -0.2) is 0 Å². The lowest BCUT2D eigenvalue weighted by Crippen LogP contribution is -1.80. The molecule has 0 amide bonds. The van der Waals surface area contributed by atoms with E-state index in [2.05, 4.69) is 505 Å². The van der Waals surface area contributed by atoms with Gasteiger partial charge in [-0.05, 0) is 260 Å². The molecule has 6 heteroatoms. The maximum absolute atomic E-state index is 6.29. The van der Waals surface area contributed by atoms with Gasteiger partial charge in [-0.2, -0.15) is 0 Å². The van der Waals surface area contributed by atoms with Gasteiger partial charge in [0.15, 0.2) is 0 Å². The maximum atomic E-state index is 6.29. The number of aryl methyl sites for hydroxylation is 16. The lowest BCUT2D eigenvalue weighted by Gasteiger charge is -2.04. The van der Waals surface area contributed by atoms with Crippen molar-refractivity contribution in [3.05, 3.63) is 502 Å². The molecule has 6 heterocycles. The van der Waals surface area contributed by atoms with Crippen molar-refractivity contribution in [1.82, 2.24) is 0 Å². The van der Waals surface area contributed by atoms with E-state index in [9.17, 15) is 0 Å². The fraction of sp³-hybridized carbons (Fsp3) is 0.118. The summed E-state index contributed by atoms with van der Waals surface area (Å²) in [7, 11) is 0. The van der Waals surface area contributed by atoms with Crippen molar-refractivity contribution in [2.45, 2.75) is 111 Å². The third kappa shape index (κ3) is 20.7. The molecule has 6 aromatic heterocycles. The second-order valence-corrected chi connectivity index (χ2v) is 38.1. The van der Waals surface area contributed by atoms with Gasteiger partial charge in [0, 0.05) is 75.8 Å². The highest BCUT2D eigenvalue weighted by Crippen LogP contribution is 2.43. The van der Waals surface area contributed by atoms with E-state index in [4.69, 9.17) is 26.5 Å². The van der Waals surface area contributed by atoms with Gasteiger partial charge < -0.3 is 26.5 Å². The third-order valence-corrected chi connectivity index (χ3v) is 26.6. The van der Waals surface area contributed by atoms with Crippen molar-refractivity contribution >= 4 is 132 Å². The van der Waals surface area contributed by atoms with Crippen LogP contribution >= 0.6 is 0 Å². The minimum Gasteiger partial charge on any atom is -0.456 e. The first-order valence-corrected chi connectivity index (χ1v) is 48.9. The van der Waals surface area contributed by atoms with Crippen LogP contribution in [-0.2, 0) is 0 Å². The van der Waals surface area contributed by atoms with Gasteiger partial charge >= 0.3 is 0 Å². The SMILES string of the molecule is Cc1cc(C)c2oc3ccccc3c2c1.Cc1ccc(-c2ccc(C)cc2)cc1.Cc1ccc(-c2cccc(C)c2)cc1.Cc1ccc2oc3c(C)cccc3c2c1.Cc1cccc(-c2ccc3oc4c(-c5cccc(C)c5)cccc4c3c2)c1.Cc1cccc(-c2ccc3oc4c(C)cccc4c3c2)c1.Cc1cccc(-c2cccc3c2oc2ccc(C)cc23)c1.Cc1cccc2c1oc1c(C)cccc12. The van der Waals surface area contributed by atoms with Crippen LogP contribution in [0.3, 0.4) is 0 Å². The second-order valence-electron chi connectivity index (χ2n) is 38.1. The molecule has 0 bridgehead atoms. The summed E-state index contributed by atoms with van der Waals surface area (Å²) in [5.41, 5.74) is 46.7.